The average molecular weight is 222 g/mol. The number of carbonyl (C=O) groups is 1. The average Bonchev–Trinajstić information content (AvgIpc) is 2.26. The van der Waals surface area contributed by atoms with Gasteiger partial charge < -0.3 is 10.6 Å². The van der Waals surface area contributed by atoms with Gasteiger partial charge in [-0.15, -0.1) is 0 Å². The summed E-state index contributed by atoms with van der Waals surface area (Å²) in [4.78, 5) is 19.7. The zero-order valence-corrected chi connectivity index (χ0v) is 9.95. The Morgan fingerprint density at radius 3 is 2.50 bits per heavy atom. The molecule has 1 aromatic rings. The van der Waals surface area contributed by atoms with E-state index >= 15 is 0 Å². The molecule has 0 radical (unpaired) electrons. The van der Waals surface area contributed by atoms with Crippen molar-refractivity contribution in [3.05, 3.63) is 18.0 Å². The number of hydrogen-bond acceptors (Lipinski definition) is 4. The fourth-order valence-corrected chi connectivity index (χ4v) is 1.12. The van der Waals surface area contributed by atoms with Crippen LogP contribution in [0.15, 0.2) is 12.4 Å². The van der Waals surface area contributed by atoms with Gasteiger partial charge in [0.1, 0.15) is 0 Å². The number of rotatable bonds is 5. The van der Waals surface area contributed by atoms with Crippen molar-refractivity contribution in [2.75, 3.05) is 11.9 Å². The Kier molecular flexibility index (Phi) is 4.69. The van der Waals surface area contributed by atoms with E-state index < -0.39 is 0 Å². The SMILES string of the molecule is CCCNc1ncc(C(=O)NC(C)C)cn1. The van der Waals surface area contributed by atoms with Gasteiger partial charge in [0.25, 0.3) is 5.91 Å². The summed E-state index contributed by atoms with van der Waals surface area (Å²) in [6, 6.07) is 0.116. The van der Waals surface area contributed by atoms with Crippen molar-refractivity contribution in [2.45, 2.75) is 33.2 Å². The van der Waals surface area contributed by atoms with Gasteiger partial charge in [0.2, 0.25) is 5.95 Å². The fraction of sp³-hybridized carbons (Fsp3) is 0.545. The molecule has 0 aliphatic heterocycles. The molecular formula is C11H18N4O. The van der Waals surface area contributed by atoms with Crippen molar-refractivity contribution in [1.29, 1.82) is 0 Å². The normalized spacial score (nSPS) is 10.2. The van der Waals surface area contributed by atoms with E-state index in [0.717, 1.165) is 13.0 Å². The first-order valence-corrected chi connectivity index (χ1v) is 5.50. The zero-order chi connectivity index (χ0) is 12.0. The number of carbonyl (C=O) groups excluding carboxylic acids is 1. The van der Waals surface area contributed by atoms with E-state index in [0.29, 0.717) is 11.5 Å². The molecule has 0 aliphatic rings. The number of nitrogens with zero attached hydrogens (tertiary/aromatic N) is 2. The molecule has 0 unspecified atom stereocenters. The van der Waals surface area contributed by atoms with E-state index in [1.807, 2.05) is 13.8 Å². The molecule has 5 heteroatoms. The molecule has 1 amide bonds. The molecule has 1 rings (SSSR count). The largest absolute Gasteiger partial charge is 0.354 e. The summed E-state index contributed by atoms with van der Waals surface area (Å²) < 4.78 is 0. The van der Waals surface area contributed by atoms with Gasteiger partial charge in [0.15, 0.2) is 0 Å². The predicted octanol–water partition coefficient (Wildman–Crippen LogP) is 1.44. The van der Waals surface area contributed by atoms with Crippen LogP contribution in [0.1, 0.15) is 37.6 Å². The van der Waals surface area contributed by atoms with Crippen LogP contribution < -0.4 is 10.6 Å². The zero-order valence-electron chi connectivity index (χ0n) is 9.95. The number of nitrogens with one attached hydrogen (secondary N) is 2. The maximum absolute atomic E-state index is 11.6. The summed E-state index contributed by atoms with van der Waals surface area (Å²) in [6.45, 7) is 6.72. The van der Waals surface area contributed by atoms with Gasteiger partial charge in [0.05, 0.1) is 5.56 Å². The van der Waals surface area contributed by atoms with E-state index in [-0.39, 0.29) is 11.9 Å². The van der Waals surface area contributed by atoms with Gasteiger partial charge >= 0.3 is 0 Å². The minimum atomic E-state index is -0.142. The number of amides is 1. The summed E-state index contributed by atoms with van der Waals surface area (Å²) >= 11 is 0. The van der Waals surface area contributed by atoms with Gasteiger partial charge in [-0.05, 0) is 20.3 Å². The van der Waals surface area contributed by atoms with Crippen molar-refractivity contribution in [1.82, 2.24) is 15.3 Å². The topological polar surface area (TPSA) is 66.9 Å². The molecule has 1 heterocycles. The lowest BCUT2D eigenvalue weighted by Crippen LogP contribution is -2.30. The lowest BCUT2D eigenvalue weighted by atomic mass is 10.3. The number of aromatic nitrogens is 2. The predicted molar refractivity (Wildman–Crippen MR) is 63.4 cm³/mol. The first-order chi connectivity index (χ1) is 7.63. The van der Waals surface area contributed by atoms with Crippen LogP contribution in [0, 0.1) is 0 Å². The lowest BCUT2D eigenvalue weighted by Gasteiger charge is -2.08. The maximum atomic E-state index is 11.6. The third-order valence-electron chi connectivity index (χ3n) is 1.87. The summed E-state index contributed by atoms with van der Waals surface area (Å²) in [5, 5.41) is 5.83. The maximum Gasteiger partial charge on any atom is 0.254 e. The van der Waals surface area contributed by atoms with Crippen LogP contribution in [-0.2, 0) is 0 Å². The Bertz CT molecular complexity index is 334. The van der Waals surface area contributed by atoms with Crippen LogP contribution in [0.5, 0.6) is 0 Å². The Labute approximate surface area is 95.7 Å². The summed E-state index contributed by atoms with van der Waals surface area (Å²) in [5.41, 5.74) is 0.482. The van der Waals surface area contributed by atoms with Crippen molar-refractivity contribution in [3.8, 4) is 0 Å². The molecule has 0 atom stereocenters. The molecule has 88 valence electrons. The quantitative estimate of drug-likeness (QED) is 0.791. The lowest BCUT2D eigenvalue weighted by molar-refractivity contribution is 0.0942. The summed E-state index contributed by atoms with van der Waals surface area (Å²) in [6.07, 6.45) is 4.07. The highest BCUT2D eigenvalue weighted by atomic mass is 16.1. The van der Waals surface area contributed by atoms with E-state index in [1.54, 1.807) is 0 Å². The minimum Gasteiger partial charge on any atom is -0.354 e. The Morgan fingerprint density at radius 2 is 2.00 bits per heavy atom. The Hall–Kier alpha value is -1.65. The van der Waals surface area contributed by atoms with E-state index in [9.17, 15) is 4.79 Å². The van der Waals surface area contributed by atoms with E-state index in [2.05, 4.69) is 27.5 Å². The second-order valence-corrected chi connectivity index (χ2v) is 3.85. The van der Waals surface area contributed by atoms with Gasteiger partial charge in [-0.25, -0.2) is 9.97 Å². The Balaban J connectivity index is 2.60. The molecule has 0 saturated carbocycles. The monoisotopic (exact) mass is 222 g/mol. The first-order valence-electron chi connectivity index (χ1n) is 5.50. The second kappa shape index (κ2) is 6.05. The highest BCUT2D eigenvalue weighted by molar-refractivity contribution is 5.93. The van der Waals surface area contributed by atoms with Crippen LogP contribution >= 0.6 is 0 Å². The third-order valence-corrected chi connectivity index (χ3v) is 1.87. The third kappa shape index (κ3) is 3.84. The standard InChI is InChI=1S/C11H18N4O/c1-4-5-12-11-13-6-9(7-14-11)10(16)15-8(2)3/h6-8H,4-5H2,1-3H3,(H,15,16)(H,12,13,14). The first kappa shape index (κ1) is 12.4. The fourth-order valence-electron chi connectivity index (χ4n) is 1.12. The molecule has 0 spiro atoms. The number of hydrogen-bond donors (Lipinski definition) is 2. The van der Waals surface area contributed by atoms with Crippen molar-refractivity contribution >= 4 is 11.9 Å². The van der Waals surface area contributed by atoms with E-state index in [4.69, 9.17) is 0 Å². The molecule has 0 aliphatic carbocycles. The molecular weight excluding hydrogens is 204 g/mol. The van der Waals surface area contributed by atoms with Crippen LogP contribution in [0.2, 0.25) is 0 Å². The van der Waals surface area contributed by atoms with Gasteiger partial charge in [-0.3, -0.25) is 4.79 Å². The van der Waals surface area contributed by atoms with Crippen LogP contribution in [0.3, 0.4) is 0 Å². The van der Waals surface area contributed by atoms with Crippen molar-refractivity contribution in [3.63, 3.8) is 0 Å². The van der Waals surface area contributed by atoms with Crippen molar-refractivity contribution in [2.24, 2.45) is 0 Å². The summed E-state index contributed by atoms with van der Waals surface area (Å²) in [7, 11) is 0. The second-order valence-electron chi connectivity index (χ2n) is 3.85. The van der Waals surface area contributed by atoms with Crippen LogP contribution in [0.25, 0.3) is 0 Å². The van der Waals surface area contributed by atoms with Gasteiger partial charge in [-0.2, -0.15) is 0 Å². The Morgan fingerprint density at radius 1 is 1.38 bits per heavy atom. The van der Waals surface area contributed by atoms with Crippen molar-refractivity contribution < 1.29 is 4.79 Å². The molecule has 5 nitrogen and oxygen atoms in total. The molecule has 0 bridgehead atoms. The molecule has 16 heavy (non-hydrogen) atoms. The highest BCUT2D eigenvalue weighted by Gasteiger charge is 2.07. The minimum absolute atomic E-state index is 0.116. The van der Waals surface area contributed by atoms with Crippen LogP contribution in [-0.4, -0.2) is 28.5 Å². The van der Waals surface area contributed by atoms with Crippen LogP contribution in [0.4, 0.5) is 5.95 Å². The van der Waals surface area contributed by atoms with Gasteiger partial charge in [-0.1, -0.05) is 6.92 Å². The molecule has 1 aromatic heterocycles. The summed E-state index contributed by atoms with van der Waals surface area (Å²) in [5.74, 6) is 0.417. The van der Waals surface area contributed by atoms with Gasteiger partial charge in [0, 0.05) is 25.0 Å². The molecule has 0 aromatic carbocycles. The molecule has 2 N–H and O–H groups in total. The molecule has 0 saturated heterocycles. The smallest absolute Gasteiger partial charge is 0.254 e. The molecule has 0 fully saturated rings. The van der Waals surface area contributed by atoms with E-state index in [1.165, 1.54) is 12.4 Å². The number of anilines is 1. The highest BCUT2D eigenvalue weighted by Crippen LogP contribution is 2.00.